The molecule has 1 aromatic carbocycles. The van der Waals surface area contributed by atoms with Gasteiger partial charge in [0, 0.05) is 18.0 Å². The molecule has 0 radical (unpaired) electrons. The van der Waals surface area contributed by atoms with E-state index < -0.39 is 6.10 Å². The third kappa shape index (κ3) is 30.9. The van der Waals surface area contributed by atoms with Crippen LogP contribution >= 0.6 is 0 Å². The number of aliphatic hydroxyl groups excluding tert-OH is 2. The van der Waals surface area contributed by atoms with Gasteiger partial charge in [-0.2, -0.15) is 0 Å². The summed E-state index contributed by atoms with van der Waals surface area (Å²) in [5.74, 6) is 0.233. The van der Waals surface area contributed by atoms with Crippen LogP contribution in [0.1, 0.15) is 186 Å². The predicted octanol–water partition coefficient (Wildman–Crippen LogP) is 11.4. The van der Waals surface area contributed by atoms with Crippen LogP contribution in [0.25, 0.3) is 0 Å². The molecule has 0 saturated carbocycles. The molecule has 0 aliphatic rings. The highest BCUT2D eigenvalue weighted by Gasteiger charge is 2.18. The van der Waals surface area contributed by atoms with Crippen LogP contribution in [0.4, 0.5) is 5.69 Å². The summed E-state index contributed by atoms with van der Waals surface area (Å²) in [4.78, 5) is 13.5. The van der Waals surface area contributed by atoms with Gasteiger partial charge < -0.3 is 29.7 Å². The van der Waals surface area contributed by atoms with Crippen LogP contribution in [0.2, 0.25) is 0 Å². The molecule has 1 atom stereocenters. The maximum absolute atomic E-state index is 13.5. The van der Waals surface area contributed by atoms with Gasteiger partial charge in [-0.3, -0.25) is 4.79 Å². The molecular formula is C45H83NO6. The Morgan fingerprint density at radius 2 is 0.942 bits per heavy atom. The number of ether oxygens (including phenoxy) is 3. The highest BCUT2D eigenvalue weighted by atomic mass is 16.5. The second kappa shape index (κ2) is 37.8. The Labute approximate surface area is 320 Å². The summed E-state index contributed by atoms with van der Waals surface area (Å²) in [5.41, 5.74) is 1.84. The minimum absolute atomic E-state index is 0.0118. The van der Waals surface area contributed by atoms with E-state index in [0.29, 0.717) is 39.5 Å². The van der Waals surface area contributed by atoms with Crippen molar-refractivity contribution in [1.82, 2.24) is 0 Å². The Hall–Kier alpha value is -1.51. The summed E-state index contributed by atoms with van der Waals surface area (Å²) in [5, 5.41) is 22.3. The number of anilines is 1. The molecule has 0 aliphatic heterocycles. The zero-order valence-electron chi connectivity index (χ0n) is 34.0. The average molecular weight is 734 g/mol. The third-order valence-corrected chi connectivity index (χ3v) is 10.2. The molecule has 304 valence electrons. The van der Waals surface area contributed by atoms with Crippen LogP contribution < -0.4 is 5.32 Å². The van der Waals surface area contributed by atoms with Gasteiger partial charge in [-0.25, -0.2) is 0 Å². The Morgan fingerprint density at radius 3 is 1.37 bits per heavy atom. The van der Waals surface area contributed by atoms with Gasteiger partial charge in [0.2, 0.25) is 5.91 Å². The molecule has 0 aliphatic carbocycles. The van der Waals surface area contributed by atoms with Crippen molar-refractivity contribution in [3.63, 3.8) is 0 Å². The van der Waals surface area contributed by atoms with Crippen LogP contribution in [0.5, 0.6) is 0 Å². The zero-order chi connectivity index (χ0) is 37.6. The summed E-state index contributed by atoms with van der Waals surface area (Å²) in [6.07, 6.45) is 33.9. The number of nitrogens with one attached hydrogen (secondary N) is 1. The number of rotatable bonds is 40. The Balaban J connectivity index is 2.39. The molecule has 0 saturated heterocycles. The van der Waals surface area contributed by atoms with Crippen LogP contribution in [0.3, 0.4) is 0 Å². The topological polar surface area (TPSA) is 97.3 Å². The van der Waals surface area contributed by atoms with Crippen molar-refractivity contribution in [2.75, 3.05) is 51.6 Å². The minimum Gasteiger partial charge on any atom is -0.394 e. The average Bonchev–Trinajstić information content (AvgIpc) is 3.14. The van der Waals surface area contributed by atoms with Gasteiger partial charge in [0.15, 0.2) is 0 Å². The van der Waals surface area contributed by atoms with Gasteiger partial charge in [0.05, 0.1) is 52.4 Å². The van der Waals surface area contributed by atoms with Crippen molar-refractivity contribution in [2.24, 2.45) is 5.92 Å². The largest absolute Gasteiger partial charge is 0.394 e. The lowest BCUT2D eigenvalue weighted by atomic mass is 9.93. The molecule has 3 N–H and O–H groups in total. The normalized spacial score (nSPS) is 12.2. The van der Waals surface area contributed by atoms with Crippen molar-refractivity contribution >= 4 is 11.6 Å². The van der Waals surface area contributed by atoms with E-state index in [1.54, 1.807) is 0 Å². The van der Waals surface area contributed by atoms with Gasteiger partial charge in [0.25, 0.3) is 0 Å². The first-order valence-corrected chi connectivity index (χ1v) is 22.0. The Kier molecular flexibility index (Phi) is 35.3. The van der Waals surface area contributed by atoms with Crippen molar-refractivity contribution in [3.8, 4) is 0 Å². The molecular weight excluding hydrogens is 650 g/mol. The van der Waals surface area contributed by atoms with Crippen LogP contribution in [0.15, 0.2) is 24.3 Å². The molecule has 52 heavy (non-hydrogen) atoms. The standard InChI is InChI=1S/C45H83NO6/c1-3-5-7-9-11-13-15-17-19-21-23-25-27-42(28-26-24-22-20-18-16-14-12-10-8-6-4-2)45(49)46-43-31-29-41(30-32-43)39-44(48)40-52-38-37-51-36-35-50-34-33-47/h29-32,42,44,47-48H,3-28,33-40H2,1-2H3,(H,46,49). The molecule has 1 aromatic rings. The fourth-order valence-electron chi connectivity index (χ4n) is 6.89. The molecule has 0 fully saturated rings. The molecule has 1 unspecified atom stereocenters. The molecule has 1 rings (SSSR count). The second-order valence-corrected chi connectivity index (χ2v) is 15.1. The number of aliphatic hydroxyl groups is 2. The summed E-state index contributed by atoms with van der Waals surface area (Å²) in [7, 11) is 0. The van der Waals surface area contributed by atoms with Crippen molar-refractivity contribution in [1.29, 1.82) is 0 Å². The fourth-order valence-corrected chi connectivity index (χ4v) is 6.89. The summed E-state index contributed by atoms with van der Waals surface area (Å²) < 4.78 is 16.1. The lowest BCUT2D eigenvalue weighted by Gasteiger charge is -2.17. The SMILES string of the molecule is CCCCCCCCCCCCCCC(CCCCCCCCCCCCCC)C(=O)Nc1ccc(CC(O)COCCOCCOCCO)cc1. The molecule has 0 heterocycles. The quantitative estimate of drug-likeness (QED) is 0.0581. The van der Waals surface area contributed by atoms with Crippen LogP contribution in [0, 0.1) is 5.92 Å². The monoisotopic (exact) mass is 734 g/mol. The van der Waals surface area contributed by atoms with E-state index in [2.05, 4.69) is 19.2 Å². The second-order valence-electron chi connectivity index (χ2n) is 15.1. The predicted molar refractivity (Wildman–Crippen MR) is 219 cm³/mol. The van der Waals surface area contributed by atoms with E-state index in [-0.39, 0.29) is 25.0 Å². The fraction of sp³-hybridized carbons (Fsp3) is 0.844. The highest BCUT2D eigenvalue weighted by Crippen LogP contribution is 2.23. The smallest absolute Gasteiger partial charge is 0.227 e. The number of benzene rings is 1. The van der Waals surface area contributed by atoms with Gasteiger partial charge in [0.1, 0.15) is 0 Å². The van der Waals surface area contributed by atoms with Crippen LogP contribution in [-0.4, -0.2) is 68.5 Å². The summed E-state index contributed by atoms with van der Waals surface area (Å²) in [6, 6.07) is 7.88. The van der Waals surface area contributed by atoms with Gasteiger partial charge in [-0.15, -0.1) is 0 Å². The molecule has 7 nitrogen and oxygen atoms in total. The maximum atomic E-state index is 13.5. The molecule has 1 amide bonds. The van der Waals surface area contributed by atoms with Crippen molar-refractivity contribution in [3.05, 3.63) is 29.8 Å². The van der Waals surface area contributed by atoms with Crippen LogP contribution in [-0.2, 0) is 25.4 Å². The van der Waals surface area contributed by atoms with E-state index in [1.807, 2.05) is 24.3 Å². The first-order chi connectivity index (χ1) is 25.6. The summed E-state index contributed by atoms with van der Waals surface area (Å²) >= 11 is 0. The highest BCUT2D eigenvalue weighted by molar-refractivity contribution is 5.92. The lowest BCUT2D eigenvalue weighted by molar-refractivity contribution is -0.120. The number of carbonyl (C=O) groups is 1. The Morgan fingerprint density at radius 1 is 0.558 bits per heavy atom. The third-order valence-electron chi connectivity index (χ3n) is 10.2. The van der Waals surface area contributed by atoms with Crippen molar-refractivity contribution < 1.29 is 29.2 Å². The van der Waals surface area contributed by atoms with Gasteiger partial charge in [-0.1, -0.05) is 180 Å². The zero-order valence-corrected chi connectivity index (χ0v) is 34.0. The van der Waals surface area contributed by atoms with E-state index in [0.717, 1.165) is 36.9 Å². The molecule has 0 bridgehead atoms. The minimum atomic E-state index is -0.608. The first kappa shape index (κ1) is 48.5. The van der Waals surface area contributed by atoms with Gasteiger partial charge in [-0.05, 0) is 30.5 Å². The van der Waals surface area contributed by atoms with E-state index in [9.17, 15) is 9.90 Å². The van der Waals surface area contributed by atoms with E-state index in [4.69, 9.17) is 19.3 Å². The maximum Gasteiger partial charge on any atom is 0.227 e. The number of carbonyl (C=O) groups excluding carboxylic acids is 1. The first-order valence-electron chi connectivity index (χ1n) is 22.0. The number of hydrogen-bond donors (Lipinski definition) is 3. The molecule has 7 heteroatoms. The number of hydrogen-bond acceptors (Lipinski definition) is 6. The van der Waals surface area contributed by atoms with E-state index in [1.165, 1.54) is 141 Å². The lowest BCUT2D eigenvalue weighted by Crippen LogP contribution is -2.23. The van der Waals surface area contributed by atoms with Gasteiger partial charge >= 0.3 is 0 Å². The molecule has 0 spiro atoms. The number of unbranched alkanes of at least 4 members (excludes halogenated alkanes) is 22. The Bertz CT molecular complexity index is 853. The van der Waals surface area contributed by atoms with E-state index >= 15 is 0 Å². The summed E-state index contributed by atoms with van der Waals surface area (Å²) in [6.45, 7) is 6.86. The molecule has 0 aromatic heterocycles. The van der Waals surface area contributed by atoms with Crippen molar-refractivity contribution in [2.45, 2.75) is 193 Å². The number of amides is 1.